The number of hydrogen-bond acceptors (Lipinski definition) is 5. The Labute approximate surface area is 89.9 Å². The second kappa shape index (κ2) is 3.69. The Morgan fingerprint density at radius 1 is 1.38 bits per heavy atom. The maximum absolute atomic E-state index is 11.6. The van der Waals surface area contributed by atoms with Crippen LogP contribution < -0.4 is 5.43 Å². The lowest BCUT2D eigenvalue weighted by Gasteiger charge is -2.01. The van der Waals surface area contributed by atoms with Gasteiger partial charge in [0.15, 0.2) is 5.43 Å². The Morgan fingerprint density at radius 2 is 2.12 bits per heavy atom. The zero-order valence-electron chi connectivity index (χ0n) is 8.39. The highest BCUT2D eigenvalue weighted by Crippen LogP contribution is 2.18. The van der Waals surface area contributed by atoms with Gasteiger partial charge in [-0.2, -0.15) is 0 Å². The number of carbonyl (C=O) groups is 1. The van der Waals surface area contributed by atoms with Crippen molar-refractivity contribution in [3.8, 4) is 5.75 Å². The smallest absolute Gasteiger partial charge is 0.374 e. The van der Waals surface area contributed by atoms with Gasteiger partial charge in [0, 0.05) is 12.1 Å². The number of fused-ring (bicyclic) bond motifs is 1. The molecule has 1 aromatic heterocycles. The van der Waals surface area contributed by atoms with Crippen molar-refractivity contribution in [2.45, 2.75) is 0 Å². The van der Waals surface area contributed by atoms with Crippen molar-refractivity contribution in [3.05, 3.63) is 40.2 Å². The van der Waals surface area contributed by atoms with Crippen molar-refractivity contribution < 1.29 is 19.1 Å². The van der Waals surface area contributed by atoms with Gasteiger partial charge in [0.1, 0.15) is 11.3 Å². The summed E-state index contributed by atoms with van der Waals surface area (Å²) in [5, 5.41) is 9.53. The van der Waals surface area contributed by atoms with E-state index in [4.69, 9.17) is 4.42 Å². The molecule has 16 heavy (non-hydrogen) atoms. The van der Waals surface area contributed by atoms with E-state index < -0.39 is 5.97 Å². The van der Waals surface area contributed by atoms with Crippen molar-refractivity contribution >= 4 is 16.9 Å². The zero-order chi connectivity index (χ0) is 11.7. The zero-order valence-corrected chi connectivity index (χ0v) is 8.39. The molecular formula is C11H8O5. The molecular weight excluding hydrogens is 212 g/mol. The van der Waals surface area contributed by atoms with E-state index in [1.807, 2.05) is 0 Å². The van der Waals surface area contributed by atoms with Gasteiger partial charge in [0.2, 0.25) is 5.76 Å². The minimum absolute atomic E-state index is 0.0438. The van der Waals surface area contributed by atoms with E-state index in [1.165, 1.54) is 25.3 Å². The molecule has 2 rings (SSSR count). The van der Waals surface area contributed by atoms with Crippen molar-refractivity contribution in [2.24, 2.45) is 0 Å². The predicted molar refractivity (Wildman–Crippen MR) is 55.5 cm³/mol. The first-order chi connectivity index (χ1) is 7.61. The third-order valence-corrected chi connectivity index (χ3v) is 2.10. The van der Waals surface area contributed by atoms with Crippen molar-refractivity contribution in [3.63, 3.8) is 0 Å². The first-order valence-electron chi connectivity index (χ1n) is 4.47. The molecule has 0 aliphatic heterocycles. The van der Waals surface area contributed by atoms with Crippen LogP contribution >= 0.6 is 0 Å². The lowest BCUT2D eigenvalue weighted by Crippen LogP contribution is -2.08. The largest absolute Gasteiger partial charge is 0.508 e. The van der Waals surface area contributed by atoms with Crippen LogP contribution in [0.1, 0.15) is 10.6 Å². The van der Waals surface area contributed by atoms with E-state index in [9.17, 15) is 14.7 Å². The number of benzene rings is 1. The number of phenolic OH excluding ortho intramolecular Hbond substituents is 1. The fourth-order valence-corrected chi connectivity index (χ4v) is 1.34. The van der Waals surface area contributed by atoms with E-state index in [1.54, 1.807) is 0 Å². The highest BCUT2D eigenvalue weighted by Gasteiger charge is 2.12. The third-order valence-electron chi connectivity index (χ3n) is 2.10. The molecule has 0 saturated heterocycles. The van der Waals surface area contributed by atoms with E-state index in [-0.39, 0.29) is 22.5 Å². The van der Waals surface area contributed by atoms with E-state index >= 15 is 0 Å². The second-order valence-corrected chi connectivity index (χ2v) is 3.15. The Morgan fingerprint density at radius 3 is 2.81 bits per heavy atom. The Balaban J connectivity index is 2.75. The Kier molecular flexibility index (Phi) is 2.36. The lowest BCUT2D eigenvalue weighted by atomic mass is 10.2. The number of ether oxygens (including phenoxy) is 1. The number of aromatic hydroxyl groups is 1. The predicted octanol–water partition coefficient (Wildman–Crippen LogP) is 1.29. The SMILES string of the molecule is COC(=O)c1cc(=O)c2ccc(O)cc2o1. The maximum Gasteiger partial charge on any atom is 0.374 e. The summed E-state index contributed by atoms with van der Waals surface area (Å²) in [6.45, 7) is 0. The summed E-state index contributed by atoms with van der Waals surface area (Å²) in [6.07, 6.45) is 0. The molecule has 1 N–H and O–H groups in total. The van der Waals surface area contributed by atoms with Crippen LogP contribution in [-0.4, -0.2) is 18.2 Å². The van der Waals surface area contributed by atoms with Crippen LogP contribution in [0.25, 0.3) is 11.0 Å². The standard InChI is InChI=1S/C11H8O5/c1-15-11(14)10-5-8(13)7-3-2-6(12)4-9(7)16-10/h2-5,12H,1H3. The summed E-state index contributed by atoms with van der Waals surface area (Å²) in [4.78, 5) is 22.8. The van der Waals surface area contributed by atoms with Crippen LogP contribution in [0, 0.1) is 0 Å². The molecule has 1 heterocycles. The van der Waals surface area contributed by atoms with Crippen LogP contribution in [0.2, 0.25) is 0 Å². The van der Waals surface area contributed by atoms with E-state index in [2.05, 4.69) is 4.74 Å². The molecule has 5 heteroatoms. The second-order valence-electron chi connectivity index (χ2n) is 3.15. The van der Waals surface area contributed by atoms with Crippen LogP contribution in [0.3, 0.4) is 0 Å². The van der Waals surface area contributed by atoms with Crippen LogP contribution in [0.5, 0.6) is 5.75 Å². The summed E-state index contributed by atoms with van der Waals surface area (Å²) in [7, 11) is 1.19. The Bertz CT molecular complexity index is 611. The van der Waals surface area contributed by atoms with Crippen molar-refractivity contribution in [2.75, 3.05) is 7.11 Å². The van der Waals surface area contributed by atoms with Crippen LogP contribution in [0.15, 0.2) is 33.5 Å². The first-order valence-corrected chi connectivity index (χ1v) is 4.47. The fourth-order valence-electron chi connectivity index (χ4n) is 1.34. The van der Waals surface area contributed by atoms with Crippen LogP contribution in [-0.2, 0) is 4.74 Å². The number of methoxy groups -OCH3 is 1. The molecule has 0 amide bonds. The monoisotopic (exact) mass is 220 g/mol. The fraction of sp³-hybridized carbons (Fsp3) is 0.0909. The minimum atomic E-state index is -0.734. The highest BCUT2D eigenvalue weighted by molar-refractivity contribution is 5.89. The summed E-state index contributed by atoms with van der Waals surface area (Å²) in [6, 6.07) is 5.13. The van der Waals surface area contributed by atoms with Gasteiger partial charge in [0.25, 0.3) is 0 Å². The number of esters is 1. The summed E-state index contributed by atoms with van der Waals surface area (Å²) < 4.78 is 9.58. The highest BCUT2D eigenvalue weighted by atomic mass is 16.5. The summed E-state index contributed by atoms with van der Waals surface area (Å²) in [5.74, 6) is -0.967. The minimum Gasteiger partial charge on any atom is -0.508 e. The van der Waals surface area contributed by atoms with Gasteiger partial charge >= 0.3 is 5.97 Å². The number of carbonyl (C=O) groups excluding carboxylic acids is 1. The van der Waals surface area contributed by atoms with Crippen molar-refractivity contribution in [1.29, 1.82) is 0 Å². The van der Waals surface area contributed by atoms with Gasteiger partial charge in [-0.05, 0) is 12.1 Å². The molecule has 5 nitrogen and oxygen atoms in total. The van der Waals surface area contributed by atoms with Gasteiger partial charge in [-0.1, -0.05) is 0 Å². The average Bonchev–Trinajstić information content (AvgIpc) is 2.27. The average molecular weight is 220 g/mol. The van der Waals surface area contributed by atoms with Crippen LogP contribution in [0.4, 0.5) is 0 Å². The third kappa shape index (κ3) is 1.63. The molecule has 0 bridgehead atoms. The van der Waals surface area contributed by atoms with E-state index in [0.717, 1.165) is 6.07 Å². The quantitative estimate of drug-likeness (QED) is 0.732. The first kappa shape index (κ1) is 10.2. The van der Waals surface area contributed by atoms with Gasteiger partial charge in [0.05, 0.1) is 12.5 Å². The molecule has 0 fully saturated rings. The van der Waals surface area contributed by atoms with Gasteiger partial charge in [-0.15, -0.1) is 0 Å². The number of rotatable bonds is 1. The number of phenols is 1. The molecule has 0 aliphatic rings. The molecule has 1 aromatic carbocycles. The molecule has 0 atom stereocenters. The van der Waals surface area contributed by atoms with Gasteiger partial charge < -0.3 is 14.3 Å². The normalized spacial score (nSPS) is 10.3. The topological polar surface area (TPSA) is 76.7 Å². The number of hydrogen-bond donors (Lipinski definition) is 1. The molecule has 0 spiro atoms. The Hall–Kier alpha value is -2.30. The van der Waals surface area contributed by atoms with Gasteiger partial charge in [-0.3, -0.25) is 4.79 Å². The summed E-state index contributed by atoms with van der Waals surface area (Å²) in [5.41, 5.74) is -0.213. The molecule has 0 radical (unpaired) electrons. The lowest BCUT2D eigenvalue weighted by molar-refractivity contribution is 0.0565. The van der Waals surface area contributed by atoms with Crippen molar-refractivity contribution in [1.82, 2.24) is 0 Å². The molecule has 0 unspecified atom stereocenters. The van der Waals surface area contributed by atoms with E-state index in [0.29, 0.717) is 5.39 Å². The molecule has 0 saturated carbocycles. The van der Waals surface area contributed by atoms with Gasteiger partial charge in [-0.25, -0.2) is 4.79 Å². The molecule has 2 aromatic rings. The maximum atomic E-state index is 11.6. The molecule has 0 aliphatic carbocycles. The summed E-state index contributed by atoms with van der Waals surface area (Å²) >= 11 is 0. The molecule has 82 valence electrons.